The fraction of sp³-hybridized carbons (Fsp3) is 0.467. The topological polar surface area (TPSA) is 78.4 Å². The van der Waals surface area contributed by atoms with Crippen molar-refractivity contribution in [1.29, 1.82) is 0 Å². The van der Waals surface area contributed by atoms with Crippen LogP contribution < -0.4 is 10.6 Å². The summed E-state index contributed by atoms with van der Waals surface area (Å²) in [7, 11) is 0. The molecule has 20 heavy (non-hydrogen) atoms. The lowest BCUT2D eigenvalue weighted by Crippen LogP contribution is -2.49. The molecule has 2 atom stereocenters. The smallest absolute Gasteiger partial charge is 0.326 e. The highest BCUT2D eigenvalue weighted by molar-refractivity contribution is 5.82. The van der Waals surface area contributed by atoms with Crippen LogP contribution in [0.3, 0.4) is 0 Å². The summed E-state index contributed by atoms with van der Waals surface area (Å²) in [5, 5.41) is 14.3. The summed E-state index contributed by atoms with van der Waals surface area (Å²) in [6.45, 7) is 4.07. The molecule has 0 fully saturated rings. The Kier molecular flexibility index (Phi) is 4.27. The molecule has 1 aromatic rings. The molecule has 0 aliphatic heterocycles. The summed E-state index contributed by atoms with van der Waals surface area (Å²) in [4.78, 5) is 22.7. The second-order valence-corrected chi connectivity index (χ2v) is 5.51. The number of fused-ring (bicyclic) bond motifs is 1. The molecular formula is C15H20N2O3. The molecule has 1 unspecified atom stereocenters. The van der Waals surface area contributed by atoms with Gasteiger partial charge in [0.25, 0.3) is 0 Å². The Morgan fingerprint density at radius 2 is 2.05 bits per heavy atom. The van der Waals surface area contributed by atoms with Gasteiger partial charge < -0.3 is 15.7 Å². The van der Waals surface area contributed by atoms with Crippen molar-refractivity contribution in [3.63, 3.8) is 0 Å². The number of carbonyl (C=O) groups excluding carboxylic acids is 1. The number of rotatable bonds is 5. The van der Waals surface area contributed by atoms with E-state index in [0.717, 1.165) is 6.42 Å². The van der Waals surface area contributed by atoms with Crippen molar-refractivity contribution in [1.82, 2.24) is 10.6 Å². The molecule has 0 saturated heterocycles. The SMILES string of the molecule is CC(C)[C@@H](NC(=O)NCC1Cc2ccccc21)C(=O)O. The van der Waals surface area contributed by atoms with Gasteiger partial charge in [0.2, 0.25) is 0 Å². The molecule has 0 heterocycles. The summed E-state index contributed by atoms with van der Waals surface area (Å²) in [5.41, 5.74) is 2.59. The van der Waals surface area contributed by atoms with Gasteiger partial charge in [0.15, 0.2) is 0 Å². The highest BCUT2D eigenvalue weighted by atomic mass is 16.4. The van der Waals surface area contributed by atoms with Gasteiger partial charge >= 0.3 is 12.0 Å². The van der Waals surface area contributed by atoms with Crippen molar-refractivity contribution in [2.24, 2.45) is 5.92 Å². The third-order valence-corrected chi connectivity index (χ3v) is 3.69. The van der Waals surface area contributed by atoms with Crippen LogP contribution in [0.4, 0.5) is 4.79 Å². The van der Waals surface area contributed by atoms with Gasteiger partial charge in [-0.05, 0) is 23.5 Å². The van der Waals surface area contributed by atoms with E-state index in [1.165, 1.54) is 11.1 Å². The standard InChI is InChI=1S/C15H20N2O3/c1-9(2)13(14(18)19)17-15(20)16-8-11-7-10-5-3-4-6-12(10)11/h3-6,9,11,13H,7-8H2,1-2H3,(H,18,19)(H2,16,17,20)/t11?,13-/m1/s1. The van der Waals surface area contributed by atoms with E-state index in [2.05, 4.69) is 22.8 Å². The van der Waals surface area contributed by atoms with Gasteiger partial charge in [0, 0.05) is 12.5 Å². The Labute approximate surface area is 118 Å². The fourth-order valence-electron chi connectivity index (χ4n) is 2.47. The van der Waals surface area contributed by atoms with Crippen LogP contribution in [0.25, 0.3) is 0 Å². The van der Waals surface area contributed by atoms with Gasteiger partial charge in [-0.3, -0.25) is 0 Å². The highest BCUT2D eigenvalue weighted by Crippen LogP contribution is 2.33. The van der Waals surface area contributed by atoms with Gasteiger partial charge in [-0.1, -0.05) is 38.1 Å². The lowest BCUT2D eigenvalue weighted by Gasteiger charge is -2.30. The van der Waals surface area contributed by atoms with Gasteiger partial charge in [0.1, 0.15) is 6.04 Å². The first-order valence-electron chi connectivity index (χ1n) is 6.84. The number of hydrogen-bond acceptors (Lipinski definition) is 2. The van der Waals surface area contributed by atoms with Crippen LogP contribution in [0, 0.1) is 5.92 Å². The number of urea groups is 1. The molecule has 1 aromatic carbocycles. The summed E-state index contributed by atoms with van der Waals surface area (Å²) >= 11 is 0. The maximum absolute atomic E-state index is 11.7. The molecule has 1 aliphatic carbocycles. The van der Waals surface area contributed by atoms with Crippen LogP contribution in [-0.4, -0.2) is 29.7 Å². The average molecular weight is 276 g/mol. The number of nitrogens with one attached hydrogen (secondary N) is 2. The van der Waals surface area contributed by atoms with Gasteiger partial charge in [-0.25, -0.2) is 9.59 Å². The van der Waals surface area contributed by atoms with Crippen LogP contribution in [0.2, 0.25) is 0 Å². The summed E-state index contributed by atoms with van der Waals surface area (Å²) < 4.78 is 0. The Bertz CT molecular complexity index is 514. The van der Waals surface area contributed by atoms with Crippen molar-refractivity contribution >= 4 is 12.0 Å². The molecule has 0 spiro atoms. The lowest BCUT2D eigenvalue weighted by molar-refractivity contribution is -0.140. The van der Waals surface area contributed by atoms with E-state index in [0.29, 0.717) is 12.5 Å². The van der Waals surface area contributed by atoms with E-state index in [-0.39, 0.29) is 5.92 Å². The quantitative estimate of drug-likeness (QED) is 0.766. The van der Waals surface area contributed by atoms with Crippen molar-refractivity contribution in [3.05, 3.63) is 35.4 Å². The van der Waals surface area contributed by atoms with Crippen LogP contribution in [0.15, 0.2) is 24.3 Å². The van der Waals surface area contributed by atoms with Crippen LogP contribution in [0.1, 0.15) is 30.9 Å². The predicted molar refractivity (Wildman–Crippen MR) is 75.7 cm³/mol. The molecule has 0 aromatic heterocycles. The van der Waals surface area contributed by atoms with Gasteiger partial charge in [-0.2, -0.15) is 0 Å². The monoisotopic (exact) mass is 276 g/mol. The van der Waals surface area contributed by atoms with E-state index >= 15 is 0 Å². The molecule has 5 nitrogen and oxygen atoms in total. The van der Waals surface area contributed by atoms with Crippen molar-refractivity contribution in [2.75, 3.05) is 6.54 Å². The first-order chi connectivity index (χ1) is 9.49. The lowest BCUT2D eigenvalue weighted by atomic mass is 9.78. The highest BCUT2D eigenvalue weighted by Gasteiger charge is 2.27. The summed E-state index contributed by atoms with van der Waals surface area (Å²) in [6.07, 6.45) is 0.961. The molecule has 5 heteroatoms. The number of carbonyl (C=O) groups is 2. The first-order valence-corrected chi connectivity index (χ1v) is 6.84. The molecule has 108 valence electrons. The van der Waals surface area contributed by atoms with E-state index in [9.17, 15) is 9.59 Å². The maximum atomic E-state index is 11.7. The molecule has 3 N–H and O–H groups in total. The second-order valence-electron chi connectivity index (χ2n) is 5.51. The predicted octanol–water partition coefficient (Wildman–Crippen LogP) is 1.73. The van der Waals surface area contributed by atoms with E-state index in [4.69, 9.17) is 5.11 Å². The third-order valence-electron chi connectivity index (χ3n) is 3.69. The number of carboxylic acids is 1. The van der Waals surface area contributed by atoms with E-state index < -0.39 is 18.0 Å². The maximum Gasteiger partial charge on any atom is 0.326 e. The van der Waals surface area contributed by atoms with Gasteiger partial charge in [-0.15, -0.1) is 0 Å². The van der Waals surface area contributed by atoms with Crippen molar-refractivity contribution < 1.29 is 14.7 Å². The Balaban J connectivity index is 1.81. The zero-order chi connectivity index (χ0) is 14.7. The van der Waals surface area contributed by atoms with Crippen LogP contribution >= 0.6 is 0 Å². The number of benzene rings is 1. The van der Waals surface area contributed by atoms with Crippen molar-refractivity contribution in [3.8, 4) is 0 Å². The Morgan fingerprint density at radius 3 is 2.65 bits per heavy atom. The number of amides is 2. The summed E-state index contributed by atoms with van der Waals surface area (Å²) in [6, 6.07) is 6.88. The zero-order valence-electron chi connectivity index (χ0n) is 11.7. The van der Waals surface area contributed by atoms with E-state index in [1.807, 2.05) is 12.1 Å². The fourth-order valence-corrected chi connectivity index (χ4v) is 2.47. The van der Waals surface area contributed by atoms with E-state index in [1.54, 1.807) is 13.8 Å². The molecule has 2 amide bonds. The number of hydrogen-bond donors (Lipinski definition) is 3. The van der Waals surface area contributed by atoms with Crippen LogP contribution in [-0.2, 0) is 11.2 Å². The second kappa shape index (κ2) is 5.94. The zero-order valence-corrected chi connectivity index (χ0v) is 11.7. The molecular weight excluding hydrogens is 256 g/mol. The molecule has 0 radical (unpaired) electrons. The minimum Gasteiger partial charge on any atom is -0.480 e. The average Bonchev–Trinajstić information content (AvgIpc) is 2.36. The Morgan fingerprint density at radius 1 is 1.35 bits per heavy atom. The molecule has 1 aliphatic rings. The first kappa shape index (κ1) is 14.4. The minimum absolute atomic E-state index is 0.150. The minimum atomic E-state index is -1.01. The van der Waals surface area contributed by atoms with Crippen molar-refractivity contribution in [2.45, 2.75) is 32.2 Å². The normalized spacial score (nSPS) is 17.9. The number of carboxylic acid groups (broad SMARTS) is 1. The summed E-state index contributed by atoms with van der Waals surface area (Å²) in [5.74, 6) is -0.828. The largest absolute Gasteiger partial charge is 0.480 e. The van der Waals surface area contributed by atoms with Gasteiger partial charge in [0.05, 0.1) is 0 Å². The molecule has 0 bridgehead atoms. The van der Waals surface area contributed by atoms with Crippen LogP contribution in [0.5, 0.6) is 0 Å². The molecule has 2 rings (SSSR count). The Hall–Kier alpha value is -2.04. The number of aliphatic carboxylic acids is 1. The molecule has 0 saturated carbocycles. The third kappa shape index (κ3) is 3.10.